The average Bonchev–Trinajstić information content (AvgIpc) is 2.43. The number of aromatic carboxylic acids is 1. The molecule has 0 saturated carbocycles. The topological polar surface area (TPSA) is 91.3 Å². The molecule has 3 N–H and O–H groups in total. The summed E-state index contributed by atoms with van der Waals surface area (Å²) >= 11 is 3.14. The van der Waals surface area contributed by atoms with E-state index in [0.29, 0.717) is 15.8 Å². The summed E-state index contributed by atoms with van der Waals surface area (Å²) in [5, 5.41) is 14.2. The Morgan fingerprint density at radius 3 is 2.43 bits per heavy atom. The van der Waals surface area contributed by atoms with Gasteiger partial charge in [0.25, 0.3) is 0 Å². The fourth-order valence-electron chi connectivity index (χ4n) is 1.60. The highest BCUT2D eigenvalue weighted by Gasteiger charge is 2.10. The van der Waals surface area contributed by atoms with Gasteiger partial charge < -0.3 is 15.7 Å². The number of aromatic nitrogens is 1. The second kappa shape index (κ2) is 6.36. The third-order valence-corrected chi connectivity index (χ3v) is 3.32. The number of carboxylic acid groups (broad SMARTS) is 1. The number of anilines is 2. The summed E-state index contributed by atoms with van der Waals surface area (Å²) in [6.45, 7) is 1.85. The Morgan fingerprint density at radius 1 is 1.14 bits per heavy atom. The minimum Gasteiger partial charge on any atom is -0.478 e. The van der Waals surface area contributed by atoms with Crippen molar-refractivity contribution in [1.82, 2.24) is 4.98 Å². The summed E-state index contributed by atoms with van der Waals surface area (Å²) in [5.74, 6) is -1.08. The molecule has 0 aliphatic heterocycles. The van der Waals surface area contributed by atoms with Crippen molar-refractivity contribution in [2.45, 2.75) is 6.92 Å². The summed E-state index contributed by atoms with van der Waals surface area (Å²) in [5.41, 5.74) is 1.85. The number of amides is 2. The third-order valence-electron chi connectivity index (χ3n) is 2.62. The van der Waals surface area contributed by atoms with E-state index in [-0.39, 0.29) is 5.56 Å². The van der Waals surface area contributed by atoms with Crippen LogP contribution in [0.2, 0.25) is 0 Å². The van der Waals surface area contributed by atoms with Gasteiger partial charge in [-0.15, -0.1) is 0 Å². The van der Waals surface area contributed by atoms with Gasteiger partial charge >= 0.3 is 12.0 Å². The lowest BCUT2D eigenvalue weighted by molar-refractivity contribution is 0.0696. The first-order valence-electron chi connectivity index (χ1n) is 5.99. The molecular formula is C14H12BrN3O3. The van der Waals surface area contributed by atoms with E-state index in [4.69, 9.17) is 5.11 Å². The normalized spacial score (nSPS) is 10.0. The van der Waals surface area contributed by atoms with Crippen molar-refractivity contribution >= 4 is 39.3 Å². The number of rotatable bonds is 3. The lowest BCUT2D eigenvalue weighted by atomic mass is 10.2. The van der Waals surface area contributed by atoms with E-state index >= 15 is 0 Å². The Morgan fingerprint density at radius 2 is 1.81 bits per heavy atom. The summed E-state index contributed by atoms with van der Waals surface area (Å²) in [7, 11) is 0. The van der Waals surface area contributed by atoms with Crippen LogP contribution < -0.4 is 10.6 Å². The lowest BCUT2D eigenvalue weighted by Gasteiger charge is -2.09. The number of nitrogens with one attached hydrogen (secondary N) is 2. The zero-order valence-corrected chi connectivity index (χ0v) is 12.6. The molecule has 0 aliphatic rings. The largest absolute Gasteiger partial charge is 0.478 e. The molecular weight excluding hydrogens is 338 g/mol. The zero-order chi connectivity index (χ0) is 15.4. The van der Waals surface area contributed by atoms with E-state index in [1.54, 1.807) is 30.5 Å². The molecule has 0 unspecified atom stereocenters. The van der Waals surface area contributed by atoms with Crippen molar-refractivity contribution in [3.8, 4) is 0 Å². The van der Waals surface area contributed by atoms with Crippen LogP contribution in [0.4, 0.5) is 16.2 Å². The fourth-order valence-corrected chi connectivity index (χ4v) is 2.02. The van der Waals surface area contributed by atoms with Gasteiger partial charge in [-0.05, 0) is 53.2 Å². The molecule has 0 aliphatic carbocycles. The minimum atomic E-state index is -1.08. The monoisotopic (exact) mass is 349 g/mol. The molecule has 0 fully saturated rings. The molecule has 6 nitrogen and oxygen atoms in total. The predicted molar refractivity (Wildman–Crippen MR) is 82.7 cm³/mol. The van der Waals surface area contributed by atoms with Crippen LogP contribution in [0.25, 0.3) is 0 Å². The first-order valence-corrected chi connectivity index (χ1v) is 6.78. The third kappa shape index (κ3) is 4.03. The number of urea groups is 1. The van der Waals surface area contributed by atoms with Crippen LogP contribution in [-0.2, 0) is 0 Å². The average molecular weight is 350 g/mol. The minimum absolute atomic E-state index is 0.0739. The number of nitrogens with zero attached hydrogens (tertiary/aromatic N) is 1. The van der Waals surface area contributed by atoms with Crippen molar-refractivity contribution in [2.75, 3.05) is 10.6 Å². The van der Waals surface area contributed by atoms with Crippen LogP contribution in [0.15, 0.2) is 41.0 Å². The molecule has 7 heteroatoms. The summed E-state index contributed by atoms with van der Waals surface area (Å²) in [6, 6.07) is 7.57. The van der Waals surface area contributed by atoms with E-state index in [1.165, 1.54) is 6.07 Å². The molecule has 0 bridgehead atoms. The van der Waals surface area contributed by atoms with Crippen LogP contribution in [0.3, 0.4) is 0 Å². The number of hydrogen-bond acceptors (Lipinski definition) is 3. The molecule has 0 saturated heterocycles. The van der Waals surface area contributed by atoms with Crippen molar-refractivity contribution in [3.05, 3.63) is 52.3 Å². The molecule has 1 aromatic carbocycles. The van der Waals surface area contributed by atoms with Gasteiger partial charge in [0.05, 0.1) is 17.4 Å². The Bertz CT molecular complexity index is 686. The number of benzene rings is 1. The molecule has 108 valence electrons. The summed E-state index contributed by atoms with van der Waals surface area (Å²) in [4.78, 5) is 26.9. The molecule has 21 heavy (non-hydrogen) atoms. The van der Waals surface area contributed by atoms with Crippen LogP contribution >= 0.6 is 15.9 Å². The van der Waals surface area contributed by atoms with Crippen molar-refractivity contribution in [2.24, 2.45) is 0 Å². The SMILES string of the molecule is Cc1ccc(NC(=O)Nc2ccc(Br)c(C(=O)O)c2)cn1. The first kappa shape index (κ1) is 15.0. The maximum absolute atomic E-state index is 11.8. The number of hydrogen-bond donors (Lipinski definition) is 3. The van der Waals surface area contributed by atoms with Gasteiger partial charge in [-0.25, -0.2) is 9.59 Å². The van der Waals surface area contributed by atoms with Crippen LogP contribution in [0.1, 0.15) is 16.1 Å². The van der Waals surface area contributed by atoms with E-state index in [0.717, 1.165) is 5.69 Å². The van der Waals surface area contributed by atoms with Gasteiger partial charge in [0.1, 0.15) is 0 Å². The van der Waals surface area contributed by atoms with E-state index < -0.39 is 12.0 Å². The number of carboxylic acids is 1. The molecule has 2 rings (SSSR count). The predicted octanol–water partition coefficient (Wildman–Crippen LogP) is 3.49. The number of carbonyl (C=O) groups is 2. The van der Waals surface area contributed by atoms with Gasteiger partial charge in [-0.1, -0.05) is 0 Å². The van der Waals surface area contributed by atoms with Crippen LogP contribution in [0.5, 0.6) is 0 Å². The maximum Gasteiger partial charge on any atom is 0.336 e. The molecule has 0 spiro atoms. The summed E-state index contributed by atoms with van der Waals surface area (Å²) in [6.07, 6.45) is 1.54. The standard InChI is InChI=1S/C14H12BrN3O3/c1-8-2-3-10(7-16-8)18-14(21)17-9-4-5-12(15)11(6-9)13(19)20/h2-7H,1H3,(H,19,20)(H2,17,18,21). The molecule has 2 aromatic rings. The smallest absolute Gasteiger partial charge is 0.336 e. The number of halogens is 1. The van der Waals surface area contributed by atoms with E-state index in [1.807, 2.05) is 6.92 Å². The van der Waals surface area contributed by atoms with Crippen molar-refractivity contribution in [1.29, 1.82) is 0 Å². The number of aryl methyl sites for hydroxylation is 1. The highest BCUT2D eigenvalue weighted by molar-refractivity contribution is 9.10. The molecule has 2 amide bonds. The van der Waals surface area contributed by atoms with Gasteiger partial charge in [0.15, 0.2) is 0 Å². The Hall–Kier alpha value is -2.41. The fraction of sp³-hybridized carbons (Fsp3) is 0.0714. The van der Waals surface area contributed by atoms with E-state index in [2.05, 4.69) is 31.5 Å². The van der Waals surface area contributed by atoms with Gasteiger partial charge in [0, 0.05) is 15.9 Å². The summed E-state index contributed by atoms with van der Waals surface area (Å²) < 4.78 is 0.448. The van der Waals surface area contributed by atoms with Gasteiger partial charge in [0.2, 0.25) is 0 Å². The molecule has 0 atom stereocenters. The maximum atomic E-state index is 11.8. The first-order chi connectivity index (χ1) is 9.95. The number of carbonyl (C=O) groups excluding carboxylic acids is 1. The van der Waals surface area contributed by atoms with E-state index in [9.17, 15) is 9.59 Å². The second-order valence-electron chi connectivity index (χ2n) is 4.27. The van der Waals surface area contributed by atoms with Crippen molar-refractivity contribution in [3.63, 3.8) is 0 Å². The zero-order valence-electron chi connectivity index (χ0n) is 11.1. The molecule has 1 heterocycles. The Balaban J connectivity index is 2.07. The number of pyridine rings is 1. The van der Waals surface area contributed by atoms with Gasteiger partial charge in [-0.2, -0.15) is 0 Å². The highest BCUT2D eigenvalue weighted by atomic mass is 79.9. The highest BCUT2D eigenvalue weighted by Crippen LogP contribution is 2.21. The van der Waals surface area contributed by atoms with Crippen molar-refractivity contribution < 1.29 is 14.7 Å². The Labute approximate surface area is 129 Å². The quantitative estimate of drug-likeness (QED) is 0.790. The second-order valence-corrected chi connectivity index (χ2v) is 5.12. The Kier molecular flexibility index (Phi) is 4.54. The van der Waals surface area contributed by atoms with Crippen LogP contribution in [0, 0.1) is 6.92 Å². The van der Waals surface area contributed by atoms with Gasteiger partial charge in [-0.3, -0.25) is 4.98 Å². The molecule has 1 aromatic heterocycles. The lowest BCUT2D eigenvalue weighted by Crippen LogP contribution is -2.19. The molecule has 0 radical (unpaired) electrons. The van der Waals surface area contributed by atoms with Crippen LogP contribution in [-0.4, -0.2) is 22.1 Å².